The van der Waals surface area contributed by atoms with Crippen LogP contribution in [0, 0.1) is 6.92 Å². The van der Waals surface area contributed by atoms with E-state index in [-0.39, 0.29) is 10.8 Å². The molecule has 0 aliphatic heterocycles. The Balaban J connectivity index is 2.27. The summed E-state index contributed by atoms with van der Waals surface area (Å²) in [7, 11) is -3.60. The van der Waals surface area contributed by atoms with Crippen LogP contribution in [0.3, 0.4) is 0 Å². The molecule has 0 heterocycles. The van der Waals surface area contributed by atoms with Crippen molar-refractivity contribution in [3.8, 4) is 0 Å². The van der Waals surface area contributed by atoms with Crippen LogP contribution in [0.2, 0.25) is 0 Å². The van der Waals surface area contributed by atoms with E-state index in [4.69, 9.17) is 0 Å². The van der Waals surface area contributed by atoms with Gasteiger partial charge in [-0.3, -0.25) is 4.79 Å². The number of hydrogen-bond acceptors (Lipinski definition) is 3. The topological polar surface area (TPSA) is 66.5 Å². The number of rotatable bonds is 7. The molecule has 0 radical (unpaired) electrons. The molecule has 0 unspecified atom stereocenters. The van der Waals surface area contributed by atoms with E-state index in [2.05, 4.69) is 5.32 Å². The van der Waals surface area contributed by atoms with Crippen LogP contribution in [-0.2, 0) is 10.0 Å². The first kappa shape index (κ1) is 19.1. The minimum absolute atomic E-state index is 0.139. The molecule has 0 bridgehead atoms. The zero-order valence-electron chi connectivity index (χ0n) is 14.8. The number of sulfonamides is 1. The van der Waals surface area contributed by atoms with Gasteiger partial charge in [0.25, 0.3) is 5.91 Å². The number of carbonyl (C=O) groups excluding carboxylic acids is 1. The predicted octanol–water partition coefficient (Wildman–Crippen LogP) is 3.67. The first-order valence-corrected chi connectivity index (χ1v) is 9.80. The number of carbonyl (C=O) groups is 1. The molecule has 0 fully saturated rings. The van der Waals surface area contributed by atoms with Crippen LogP contribution in [0.1, 0.15) is 36.2 Å². The molecular formula is C19H24N2O3S. The van der Waals surface area contributed by atoms with E-state index in [0.717, 1.165) is 12.0 Å². The fraction of sp³-hybridized carbons (Fsp3) is 0.316. The van der Waals surface area contributed by atoms with E-state index < -0.39 is 10.0 Å². The summed E-state index contributed by atoms with van der Waals surface area (Å²) in [6.45, 7) is 6.54. The smallest absolute Gasteiger partial charge is 0.255 e. The van der Waals surface area contributed by atoms with Gasteiger partial charge in [0.2, 0.25) is 10.0 Å². The molecule has 6 heteroatoms. The number of benzene rings is 2. The Morgan fingerprint density at radius 3 is 2.44 bits per heavy atom. The Bertz CT molecular complexity index is 847. The molecule has 1 amide bonds. The monoisotopic (exact) mass is 360 g/mol. The van der Waals surface area contributed by atoms with Crippen LogP contribution in [0.15, 0.2) is 53.4 Å². The third-order valence-electron chi connectivity index (χ3n) is 3.84. The van der Waals surface area contributed by atoms with Gasteiger partial charge in [-0.1, -0.05) is 32.0 Å². The van der Waals surface area contributed by atoms with E-state index in [9.17, 15) is 13.2 Å². The molecule has 0 aliphatic rings. The molecule has 0 atom stereocenters. The maximum atomic E-state index is 12.7. The Kier molecular flexibility index (Phi) is 6.33. The lowest BCUT2D eigenvalue weighted by Gasteiger charge is -2.20. The molecule has 25 heavy (non-hydrogen) atoms. The highest BCUT2D eigenvalue weighted by Crippen LogP contribution is 2.19. The zero-order valence-corrected chi connectivity index (χ0v) is 15.6. The summed E-state index contributed by atoms with van der Waals surface area (Å²) in [4.78, 5) is 12.6. The van der Waals surface area contributed by atoms with Gasteiger partial charge in [-0.15, -0.1) is 0 Å². The number of nitrogens with one attached hydrogen (secondary N) is 1. The average molecular weight is 360 g/mol. The second kappa shape index (κ2) is 8.27. The summed E-state index contributed by atoms with van der Waals surface area (Å²) in [6.07, 6.45) is 0.737. The second-order valence-electron chi connectivity index (χ2n) is 5.85. The highest BCUT2D eigenvalue weighted by Gasteiger charge is 2.23. The Labute approximate surface area is 149 Å². The summed E-state index contributed by atoms with van der Waals surface area (Å²) in [5.74, 6) is -0.332. The van der Waals surface area contributed by atoms with Crippen molar-refractivity contribution in [2.24, 2.45) is 0 Å². The maximum absolute atomic E-state index is 12.7. The van der Waals surface area contributed by atoms with Gasteiger partial charge >= 0.3 is 0 Å². The van der Waals surface area contributed by atoms with Gasteiger partial charge in [-0.2, -0.15) is 4.31 Å². The third-order valence-corrected chi connectivity index (χ3v) is 5.81. The van der Waals surface area contributed by atoms with E-state index in [1.54, 1.807) is 18.2 Å². The van der Waals surface area contributed by atoms with Crippen molar-refractivity contribution < 1.29 is 13.2 Å². The number of aryl methyl sites for hydroxylation is 1. The van der Waals surface area contributed by atoms with Crippen LogP contribution in [-0.4, -0.2) is 31.7 Å². The van der Waals surface area contributed by atoms with Crippen molar-refractivity contribution in [3.63, 3.8) is 0 Å². The minimum Gasteiger partial charge on any atom is -0.322 e. The van der Waals surface area contributed by atoms with Gasteiger partial charge < -0.3 is 5.32 Å². The molecule has 1 N–H and O–H groups in total. The lowest BCUT2D eigenvalue weighted by atomic mass is 10.2. The SMILES string of the molecule is CCCN(CC)S(=O)(=O)c1cccc(C(=O)Nc2cccc(C)c2)c1. The van der Waals surface area contributed by atoms with E-state index in [0.29, 0.717) is 24.3 Å². The second-order valence-corrected chi connectivity index (χ2v) is 7.79. The predicted molar refractivity (Wildman–Crippen MR) is 100 cm³/mol. The normalized spacial score (nSPS) is 11.5. The van der Waals surface area contributed by atoms with Gasteiger partial charge in [-0.25, -0.2) is 8.42 Å². The summed E-state index contributed by atoms with van der Waals surface area (Å²) >= 11 is 0. The highest BCUT2D eigenvalue weighted by atomic mass is 32.2. The van der Waals surface area contributed by atoms with Crippen molar-refractivity contribution in [1.82, 2.24) is 4.31 Å². The van der Waals surface area contributed by atoms with Crippen LogP contribution >= 0.6 is 0 Å². The van der Waals surface area contributed by atoms with Gasteiger partial charge in [-0.05, 0) is 49.2 Å². The molecular weight excluding hydrogens is 336 g/mol. The molecule has 2 aromatic rings. The van der Waals surface area contributed by atoms with Crippen LogP contribution in [0.25, 0.3) is 0 Å². The molecule has 134 valence electrons. The Morgan fingerprint density at radius 2 is 1.80 bits per heavy atom. The van der Waals surface area contributed by atoms with E-state index in [1.165, 1.54) is 16.4 Å². The largest absolute Gasteiger partial charge is 0.322 e. The fourth-order valence-electron chi connectivity index (χ4n) is 2.57. The van der Waals surface area contributed by atoms with Gasteiger partial charge in [0.05, 0.1) is 4.90 Å². The lowest BCUT2D eigenvalue weighted by Crippen LogP contribution is -2.31. The van der Waals surface area contributed by atoms with Crippen LogP contribution in [0.4, 0.5) is 5.69 Å². The van der Waals surface area contributed by atoms with Gasteiger partial charge in [0.1, 0.15) is 0 Å². The van der Waals surface area contributed by atoms with Crippen molar-refractivity contribution in [2.45, 2.75) is 32.1 Å². The molecule has 2 rings (SSSR count). The van der Waals surface area contributed by atoms with Gasteiger partial charge in [0, 0.05) is 24.3 Å². The molecule has 0 spiro atoms. The minimum atomic E-state index is -3.60. The van der Waals surface area contributed by atoms with Crippen molar-refractivity contribution in [2.75, 3.05) is 18.4 Å². The lowest BCUT2D eigenvalue weighted by molar-refractivity contribution is 0.102. The summed E-state index contributed by atoms with van der Waals surface area (Å²) in [5.41, 5.74) is 2.03. The quantitative estimate of drug-likeness (QED) is 0.819. The van der Waals surface area contributed by atoms with Crippen molar-refractivity contribution in [3.05, 3.63) is 59.7 Å². The number of nitrogens with zero attached hydrogens (tertiary/aromatic N) is 1. The molecule has 0 aromatic heterocycles. The first-order valence-electron chi connectivity index (χ1n) is 8.36. The highest BCUT2D eigenvalue weighted by molar-refractivity contribution is 7.89. The number of anilines is 1. The Morgan fingerprint density at radius 1 is 1.08 bits per heavy atom. The third kappa shape index (κ3) is 4.67. The van der Waals surface area contributed by atoms with Crippen molar-refractivity contribution in [1.29, 1.82) is 0 Å². The van der Waals surface area contributed by atoms with E-state index in [1.807, 2.05) is 39.0 Å². The molecule has 0 aliphatic carbocycles. The average Bonchev–Trinajstić information content (AvgIpc) is 2.59. The molecule has 0 saturated carbocycles. The van der Waals surface area contributed by atoms with Gasteiger partial charge in [0.15, 0.2) is 0 Å². The number of amides is 1. The summed E-state index contributed by atoms with van der Waals surface area (Å²) in [6, 6.07) is 13.6. The summed E-state index contributed by atoms with van der Waals surface area (Å²) in [5, 5.41) is 2.80. The van der Waals surface area contributed by atoms with Crippen LogP contribution < -0.4 is 5.32 Å². The fourth-order valence-corrected chi connectivity index (χ4v) is 4.16. The van der Waals surface area contributed by atoms with E-state index >= 15 is 0 Å². The van der Waals surface area contributed by atoms with Crippen LogP contribution in [0.5, 0.6) is 0 Å². The number of hydrogen-bond donors (Lipinski definition) is 1. The standard InChI is InChI=1S/C19H24N2O3S/c1-4-12-21(5-2)25(23,24)18-11-7-9-16(14-18)19(22)20-17-10-6-8-15(3)13-17/h6-11,13-14H,4-5,12H2,1-3H3,(H,20,22). The Hall–Kier alpha value is -2.18. The van der Waals surface area contributed by atoms with Crippen molar-refractivity contribution >= 4 is 21.6 Å². The molecule has 0 saturated heterocycles. The summed E-state index contributed by atoms with van der Waals surface area (Å²) < 4.78 is 26.9. The first-order chi connectivity index (χ1) is 11.9. The zero-order chi connectivity index (χ0) is 18.4. The molecule has 5 nitrogen and oxygen atoms in total. The maximum Gasteiger partial charge on any atom is 0.255 e. The molecule has 2 aromatic carbocycles.